The lowest BCUT2D eigenvalue weighted by Crippen LogP contribution is -2.16. The molecule has 0 spiro atoms. The number of thiophene rings is 3. The van der Waals surface area contributed by atoms with Crippen LogP contribution in [0.25, 0.3) is 160 Å². The predicted molar refractivity (Wildman–Crippen MR) is 591 cm³/mol. The van der Waals surface area contributed by atoms with Gasteiger partial charge in [0.2, 0.25) is 0 Å². The zero-order valence-corrected chi connectivity index (χ0v) is 79.5. The molecule has 0 atom stereocenters. The molecule has 6 heteroatoms. The van der Waals surface area contributed by atoms with Gasteiger partial charge >= 0.3 is 0 Å². The number of benzene rings is 21. The van der Waals surface area contributed by atoms with E-state index in [0.717, 1.165) is 45.5 Å². The van der Waals surface area contributed by atoms with E-state index in [9.17, 15) is 0 Å². The van der Waals surface area contributed by atoms with Crippen molar-refractivity contribution in [2.75, 3.05) is 14.7 Å². The monoisotopic (exact) mass is 1810 g/mol. The molecule has 3 aliphatic rings. The molecule has 27 rings (SSSR count). The minimum Gasteiger partial charge on any atom is -0.310 e. The van der Waals surface area contributed by atoms with Gasteiger partial charge in [0.25, 0.3) is 0 Å². The van der Waals surface area contributed by atoms with Gasteiger partial charge in [-0.25, -0.2) is 0 Å². The zero-order chi connectivity index (χ0) is 91.8. The van der Waals surface area contributed by atoms with Crippen LogP contribution in [0.15, 0.2) is 467 Å². The topological polar surface area (TPSA) is 9.72 Å². The molecule has 24 aromatic rings. The second-order valence-electron chi connectivity index (χ2n) is 38.3. The van der Waals surface area contributed by atoms with Crippen molar-refractivity contribution < 1.29 is 0 Å². The number of hydrogen-bond acceptors (Lipinski definition) is 6. The van der Waals surface area contributed by atoms with Gasteiger partial charge in [-0.2, -0.15) is 0 Å². The summed E-state index contributed by atoms with van der Waals surface area (Å²) in [5.74, 6) is 0. The van der Waals surface area contributed by atoms with Crippen LogP contribution in [-0.4, -0.2) is 0 Å². The maximum Gasteiger partial charge on any atom is 0.0468 e. The van der Waals surface area contributed by atoms with Crippen LogP contribution in [0.2, 0.25) is 0 Å². The van der Waals surface area contributed by atoms with Gasteiger partial charge in [0.15, 0.2) is 0 Å². The smallest absolute Gasteiger partial charge is 0.0468 e. The maximum atomic E-state index is 2.46. The summed E-state index contributed by atoms with van der Waals surface area (Å²) in [5, 5.41) is 13.2. The number of fused-ring (bicyclic) bond motifs is 20. The third-order valence-corrected chi connectivity index (χ3v) is 32.6. The molecule has 0 bridgehead atoms. The fourth-order valence-corrected chi connectivity index (χ4v) is 25.4. The Bertz CT molecular complexity index is 8750. The first kappa shape index (κ1) is 83.1. The average Bonchev–Trinajstić information content (AvgIpc) is 1.57. The van der Waals surface area contributed by atoms with Crippen molar-refractivity contribution in [3.05, 3.63) is 500 Å². The van der Waals surface area contributed by atoms with Crippen LogP contribution in [0.3, 0.4) is 0 Å². The van der Waals surface area contributed by atoms with E-state index < -0.39 is 0 Å². The first-order chi connectivity index (χ1) is 67.1. The highest BCUT2D eigenvalue weighted by molar-refractivity contribution is 7.26. The normalized spacial score (nSPS) is 13.2. The van der Waals surface area contributed by atoms with Crippen LogP contribution >= 0.6 is 34.0 Å². The Hall–Kier alpha value is -15.8. The first-order valence-corrected chi connectivity index (χ1v) is 49.9. The van der Waals surface area contributed by atoms with Gasteiger partial charge < -0.3 is 14.7 Å². The summed E-state index contributed by atoms with van der Waals surface area (Å²) in [6.07, 6.45) is 0. The Labute approximate surface area is 811 Å². The Morgan fingerprint density at radius 2 is 0.394 bits per heavy atom. The molecular formula is C131H95N3S3. The molecule has 3 aromatic heterocycles. The van der Waals surface area contributed by atoms with Crippen molar-refractivity contribution >= 4 is 167 Å². The summed E-state index contributed by atoms with van der Waals surface area (Å²) in [7, 11) is 0. The molecule has 0 N–H and O–H groups in total. The van der Waals surface area contributed by atoms with E-state index in [2.05, 4.69) is 523 Å². The van der Waals surface area contributed by atoms with Gasteiger partial charge in [0, 0.05) is 128 Å². The van der Waals surface area contributed by atoms with Crippen LogP contribution in [0.4, 0.5) is 51.2 Å². The van der Waals surface area contributed by atoms with Gasteiger partial charge in [-0.15, -0.1) is 34.0 Å². The molecule has 0 saturated carbocycles. The largest absolute Gasteiger partial charge is 0.310 e. The molecule has 0 amide bonds. The Morgan fingerprint density at radius 3 is 0.759 bits per heavy atom. The zero-order valence-electron chi connectivity index (χ0n) is 77.0. The van der Waals surface area contributed by atoms with E-state index in [0.29, 0.717) is 0 Å². The molecule has 0 saturated heterocycles. The Balaban J connectivity index is 0.000000109. The summed E-state index contributed by atoms with van der Waals surface area (Å²) in [6, 6.07) is 171. The van der Waals surface area contributed by atoms with Crippen molar-refractivity contribution in [3.8, 4) is 77.9 Å². The van der Waals surface area contributed by atoms with Crippen LogP contribution < -0.4 is 14.7 Å². The van der Waals surface area contributed by atoms with E-state index >= 15 is 0 Å². The molecule has 0 aliphatic heterocycles. The number of para-hydroxylation sites is 2. The lowest BCUT2D eigenvalue weighted by atomic mass is 9.82. The minimum atomic E-state index is -0.104. The Morgan fingerprint density at radius 1 is 0.146 bits per heavy atom. The second-order valence-corrected chi connectivity index (χ2v) is 41.5. The van der Waals surface area contributed by atoms with E-state index in [4.69, 9.17) is 0 Å². The summed E-state index contributed by atoms with van der Waals surface area (Å²) in [6.45, 7) is 14.3. The molecule has 3 heterocycles. The average molecular weight is 1810 g/mol. The van der Waals surface area contributed by atoms with Crippen LogP contribution in [0.5, 0.6) is 0 Å². The molecule has 3 nitrogen and oxygen atoms in total. The second kappa shape index (κ2) is 33.4. The highest BCUT2D eigenvalue weighted by Gasteiger charge is 2.41. The summed E-state index contributed by atoms with van der Waals surface area (Å²) in [4.78, 5) is 7.16. The van der Waals surface area contributed by atoms with Crippen LogP contribution in [0, 0.1) is 0 Å². The van der Waals surface area contributed by atoms with Crippen molar-refractivity contribution in [3.63, 3.8) is 0 Å². The van der Waals surface area contributed by atoms with Crippen LogP contribution in [-0.2, 0) is 16.2 Å². The lowest BCUT2D eigenvalue weighted by Gasteiger charge is -2.28. The van der Waals surface area contributed by atoms with Gasteiger partial charge in [-0.1, -0.05) is 333 Å². The minimum absolute atomic E-state index is 0.0629. The summed E-state index contributed by atoms with van der Waals surface area (Å²) >= 11 is 5.70. The lowest BCUT2D eigenvalue weighted by molar-refractivity contribution is 0.661. The van der Waals surface area contributed by atoms with Crippen molar-refractivity contribution in [1.29, 1.82) is 0 Å². The van der Waals surface area contributed by atoms with Crippen molar-refractivity contribution in [2.45, 2.75) is 57.8 Å². The van der Waals surface area contributed by atoms with Gasteiger partial charge in [-0.3, -0.25) is 0 Å². The van der Waals surface area contributed by atoms with Gasteiger partial charge in [0.1, 0.15) is 0 Å². The van der Waals surface area contributed by atoms with Crippen molar-refractivity contribution in [1.82, 2.24) is 0 Å². The quantitative estimate of drug-likeness (QED) is 0.114. The third kappa shape index (κ3) is 14.5. The van der Waals surface area contributed by atoms with E-state index in [-0.39, 0.29) is 16.2 Å². The fraction of sp³-hybridized carbons (Fsp3) is 0.0687. The molecule has 0 unspecified atom stereocenters. The molecule has 21 aromatic carbocycles. The standard InChI is InChI=1S/C45H33NS.2C43H31NS/c1-45(2)41-26-25-36(27-38(41)39-28-40-37-15-9-10-16-43(37)47-44(40)29-42(39)45)46(34-21-17-32(18-22-34)30-11-5-3-6-12-30)35-23-19-33(20-24-35)31-13-7-4-8-14-31;1-43(2)39-25-34(22-23-35(39)37-26-38-36-14-8-9-15-41(36)45-42(38)27-40(37)43)44(32-12-4-3-5-13-32)33-20-18-29(19-21-33)31-17-16-28-10-6-7-11-30(28)24-31;1-43(2)39-23-22-34(25-36(39)37-26-38-35-14-8-9-15-41(35)45-42(38)27-40(37)43)44(32-12-4-3-5-13-32)33-20-18-29(19-21-33)31-17-16-28-10-6-7-11-30(28)24-31/h3-29H,1-2H3;2*3-27H,1-2H3. The van der Waals surface area contributed by atoms with Gasteiger partial charge in [-0.05, 0) is 309 Å². The SMILES string of the molecule is CC1(C)c2cc(N(c3ccccc3)c3ccc(-c4ccc5ccccc5c4)cc3)ccc2-c2cc3c(cc21)sc1ccccc13.CC1(C)c2ccc(N(c3ccc(-c4ccccc4)cc3)c3ccc(-c4ccccc4)cc3)cc2-c2cc3c(cc21)sc1ccccc13.CC1(C)c2ccc(N(c3ccccc3)c3ccc(-c4ccc5ccccc5c4)cc3)cc2-c2cc3c(cc21)sc1ccccc13. The molecule has 652 valence electrons. The molecular weight excluding hydrogens is 1710 g/mol. The number of hydrogen-bond donors (Lipinski definition) is 0. The summed E-state index contributed by atoms with van der Waals surface area (Å²) < 4.78 is 8.16. The van der Waals surface area contributed by atoms with Crippen molar-refractivity contribution in [2.24, 2.45) is 0 Å². The third-order valence-electron chi connectivity index (χ3n) is 29.2. The molecule has 0 radical (unpaired) electrons. The predicted octanol–water partition coefficient (Wildman–Crippen LogP) is 38.5. The number of anilines is 9. The van der Waals surface area contributed by atoms with E-state index in [1.54, 1.807) is 0 Å². The molecule has 3 aliphatic carbocycles. The van der Waals surface area contributed by atoms with Crippen LogP contribution in [0.1, 0.15) is 74.9 Å². The molecule has 0 fully saturated rings. The first-order valence-electron chi connectivity index (χ1n) is 47.5. The van der Waals surface area contributed by atoms with Gasteiger partial charge in [0.05, 0.1) is 0 Å². The number of nitrogens with zero attached hydrogens (tertiary/aromatic N) is 3. The fourth-order valence-electron chi connectivity index (χ4n) is 22.0. The highest BCUT2D eigenvalue weighted by atomic mass is 32.1. The Kier molecular flexibility index (Phi) is 20.2. The summed E-state index contributed by atoms with van der Waals surface area (Å²) in [5.41, 5.74) is 36.3. The highest BCUT2D eigenvalue weighted by Crippen LogP contribution is 2.58. The maximum absolute atomic E-state index is 2.46. The molecule has 137 heavy (non-hydrogen) atoms. The number of rotatable bonds is 13. The van der Waals surface area contributed by atoms with E-state index in [1.165, 1.54) is 199 Å². The van der Waals surface area contributed by atoms with E-state index in [1.807, 2.05) is 34.0 Å².